The predicted octanol–water partition coefficient (Wildman–Crippen LogP) is 3.02. The summed E-state index contributed by atoms with van der Waals surface area (Å²) >= 11 is 13.4. The van der Waals surface area contributed by atoms with Gasteiger partial charge in [-0.25, -0.2) is 0 Å². The zero-order valence-electron chi connectivity index (χ0n) is 6.89. The second-order valence-corrected chi connectivity index (χ2v) is 6.66. The molecule has 0 amide bonds. The lowest BCUT2D eigenvalue weighted by atomic mass is 9.70. The van der Waals surface area contributed by atoms with Gasteiger partial charge in [0.05, 0.1) is 9.75 Å². The van der Waals surface area contributed by atoms with Gasteiger partial charge in [-0.1, -0.05) is 0 Å². The quantitative estimate of drug-likeness (QED) is 0.531. The summed E-state index contributed by atoms with van der Waals surface area (Å²) in [4.78, 5) is 0.429. The number of hydrogen-bond acceptors (Lipinski definition) is 0. The van der Waals surface area contributed by atoms with E-state index in [1.807, 2.05) is 0 Å². The Hall–Kier alpha value is 0.580. The molecule has 2 unspecified atom stereocenters. The number of halogens is 2. The molecular formula is C10H12Cl2. The fraction of sp³-hybridized carbons (Fsp3) is 1.00. The van der Waals surface area contributed by atoms with Crippen LogP contribution in [0, 0.1) is 23.7 Å². The Morgan fingerprint density at radius 3 is 1.42 bits per heavy atom. The van der Waals surface area contributed by atoms with Crippen molar-refractivity contribution in [3.8, 4) is 0 Å². The molecule has 5 rings (SSSR count). The molecule has 5 aliphatic rings. The lowest BCUT2D eigenvalue weighted by Gasteiger charge is -2.46. The number of alkyl halides is 2. The molecule has 2 heteroatoms. The van der Waals surface area contributed by atoms with E-state index in [0.29, 0.717) is 0 Å². The third kappa shape index (κ3) is 0.511. The summed E-state index contributed by atoms with van der Waals surface area (Å²) < 4.78 is 0. The van der Waals surface area contributed by atoms with Crippen LogP contribution in [0.3, 0.4) is 0 Å². The minimum absolute atomic E-state index is 0.214. The van der Waals surface area contributed by atoms with Crippen LogP contribution in [0.1, 0.15) is 25.7 Å². The Morgan fingerprint density at radius 2 is 1.08 bits per heavy atom. The molecule has 0 spiro atoms. The molecule has 0 heterocycles. The van der Waals surface area contributed by atoms with E-state index in [1.165, 1.54) is 25.7 Å². The molecule has 2 bridgehead atoms. The zero-order chi connectivity index (χ0) is 8.14. The molecule has 12 heavy (non-hydrogen) atoms. The summed E-state index contributed by atoms with van der Waals surface area (Å²) in [6.45, 7) is 0. The Balaban J connectivity index is 1.90. The Labute approximate surface area is 82.6 Å². The third-order valence-corrected chi connectivity index (χ3v) is 6.44. The molecule has 5 fully saturated rings. The van der Waals surface area contributed by atoms with E-state index in [2.05, 4.69) is 0 Å². The van der Waals surface area contributed by atoms with E-state index in [0.717, 1.165) is 23.7 Å². The highest BCUT2D eigenvalue weighted by Gasteiger charge is 2.79. The zero-order valence-corrected chi connectivity index (χ0v) is 8.41. The molecule has 0 aromatic heterocycles. The molecule has 66 valence electrons. The van der Waals surface area contributed by atoms with Crippen LogP contribution in [0.5, 0.6) is 0 Å². The van der Waals surface area contributed by atoms with Crippen LogP contribution in [-0.4, -0.2) is 9.75 Å². The summed E-state index contributed by atoms with van der Waals surface area (Å²) in [7, 11) is 0. The van der Waals surface area contributed by atoms with Crippen molar-refractivity contribution in [3.05, 3.63) is 0 Å². The van der Waals surface area contributed by atoms with Crippen molar-refractivity contribution in [1.29, 1.82) is 0 Å². The molecule has 5 saturated carbocycles. The average Bonchev–Trinajstić information content (AvgIpc) is 2.84. The second kappa shape index (κ2) is 1.59. The van der Waals surface area contributed by atoms with Crippen molar-refractivity contribution in [2.24, 2.45) is 23.7 Å². The molecule has 0 nitrogen and oxygen atoms in total. The standard InChI is InChI=1S/C10H12Cl2/c11-9-1-2-10(12,7-3-5(7)9)8-4-6(8)9/h5-8H,1-4H2/t5-,6+,7+,8-,9?,10?. The van der Waals surface area contributed by atoms with Gasteiger partial charge in [-0.05, 0) is 49.4 Å². The van der Waals surface area contributed by atoms with E-state index in [4.69, 9.17) is 23.2 Å². The van der Waals surface area contributed by atoms with Gasteiger partial charge < -0.3 is 0 Å². The van der Waals surface area contributed by atoms with Gasteiger partial charge >= 0.3 is 0 Å². The summed E-state index contributed by atoms with van der Waals surface area (Å²) in [6.07, 6.45) is 5.06. The maximum Gasteiger partial charge on any atom is 0.0510 e. The van der Waals surface area contributed by atoms with E-state index in [-0.39, 0.29) is 9.75 Å². The van der Waals surface area contributed by atoms with E-state index in [1.54, 1.807) is 0 Å². The largest absolute Gasteiger partial charge is 0.119 e. The van der Waals surface area contributed by atoms with Gasteiger partial charge in [-0.2, -0.15) is 0 Å². The highest BCUT2D eigenvalue weighted by Crippen LogP contribution is 2.80. The van der Waals surface area contributed by atoms with E-state index >= 15 is 0 Å². The van der Waals surface area contributed by atoms with Crippen molar-refractivity contribution in [2.45, 2.75) is 35.4 Å². The molecule has 0 N–H and O–H groups in total. The molecule has 5 aliphatic carbocycles. The minimum atomic E-state index is 0.214. The van der Waals surface area contributed by atoms with Crippen LogP contribution in [0.2, 0.25) is 0 Å². The number of hydrogen-bond donors (Lipinski definition) is 0. The summed E-state index contributed by atoms with van der Waals surface area (Å²) in [5.74, 6) is 3.20. The van der Waals surface area contributed by atoms with Gasteiger partial charge in [0.1, 0.15) is 0 Å². The van der Waals surface area contributed by atoms with E-state index < -0.39 is 0 Å². The van der Waals surface area contributed by atoms with Gasteiger partial charge in [-0.15, -0.1) is 23.2 Å². The monoisotopic (exact) mass is 202 g/mol. The van der Waals surface area contributed by atoms with Crippen LogP contribution in [0.4, 0.5) is 0 Å². The summed E-state index contributed by atoms with van der Waals surface area (Å²) in [5.41, 5.74) is 0. The topological polar surface area (TPSA) is 0 Å². The fourth-order valence-corrected chi connectivity index (χ4v) is 5.34. The van der Waals surface area contributed by atoms with Crippen LogP contribution in [0.15, 0.2) is 0 Å². The average molecular weight is 203 g/mol. The normalized spacial score (nSPS) is 76.5. The molecule has 0 aromatic carbocycles. The van der Waals surface area contributed by atoms with Gasteiger partial charge in [0, 0.05) is 0 Å². The van der Waals surface area contributed by atoms with Crippen LogP contribution in [-0.2, 0) is 0 Å². The van der Waals surface area contributed by atoms with Gasteiger partial charge in [0.15, 0.2) is 0 Å². The van der Waals surface area contributed by atoms with Crippen molar-refractivity contribution in [3.63, 3.8) is 0 Å². The summed E-state index contributed by atoms with van der Waals surface area (Å²) in [6, 6.07) is 0. The molecule has 6 atom stereocenters. The first-order chi connectivity index (χ1) is 5.66. The molecule has 0 aromatic rings. The number of fused-ring (bicyclic) bond motifs is 1. The molecular weight excluding hydrogens is 191 g/mol. The lowest BCUT2D eigenvalue weighted by Crippen LogP contribution is -2.48. The predicted molar refractivity (Wildman–Crippen MR) is 49.6 cm³/mol. The van der Waals surface area contributed by atoms with Crippen molar-refractivity contribution < 1.29 is 0 Å². The first kappa shape index (κ1) is 6.95. The SMILES string of the molecule is ClC12CCC(Cl)([C@@H]3C[C@@H]31)[C@H]1C[C@H]12. The van der Waals surface area contributed by atoms with Crippen LogP contribution in [0.25, 0.3) is 0 Å². The third-order valence-electron chi connectivity index (χ3n) is 4.94. The second-order valence-electron chi connectivity index (χ2n) is 5.25. The first-order valence-electron chi connectivity index (χ1n) is 5.04. The minimum Gasteiger partial charge on any atom is -0.119 e. The first-order valence-corrected chi connectivity index (χ1v) is 5.80. The Bertz CT molecular complexity index is 229. The van der Waals surface area contributed by atoms with Crippen LogP contribution >= 0.6 is 23.2 Å². The van der Waals surface area contributed by atoms with Gasteiger partial charge in [0.25, 0.3) is 0 Å². The smallest absolute Gasteiger partial charge is 0.0510 e. The van der Waals surface area contributed by atoms with E-state index in [9.17, 15) is 0 Å². The Kier molecular flexibility index (Phi) is 0.919. The van der Waals surface area contributed by atoms with Crippen molar-refractivity contribution in [1.82, 2.24) is 0 Å². The highest BCUT2D eigenvalue weighted by molar-refractivity contribution is 6.29. The maximum atomic E-state index is 6.69. The molecule has 0 saturated heterocycles. The van der Waals surface area contributed by atoms with Crippen molar-refractivity contribution >= 4 is 23.2 Å². The lowest BCUT2D eigenvalue weighted by molar-refractivity contribution is 0.189. The fourth-order valence-electron chi connectivity index (χ4n) is 4.19. The van der Waals surface area contributed by atoms with Gasteiger partial charge in [-0.3, -0.25) is 0 Å². The van der Waals surface area contributed by atoms with Gasteiger partial charge in [0.2, 0.25) is 0 Å². The highest BCUT2D eigenvalue weighted by atomic mass is 35.5. The number of rotatable bonds is 0. The maximum absolute atomic E-state index is 6.69. The molecule has 0 aliphatic heterocycles. The van der Waals surface area contributed by atoms with Crippen molar-refractivity contribution in [2.75, 3.05) is 0 Å². The summed E-state index contributed by atoms with van der Waals surface area (Å²) in [5, 5.41) is 0. The molecule has 0 radical (unpaired) electrons. The Morgan fingerprint density at radius 1 is 0.750 bits per heavy atom. The van der Waals surface area contributed by atoms with Crippen LogP contribution < -0.4 is 0 Å².